The molecule has 1 aliphatic heterocycles. The van der Waals surface area contributed by atoms with Crippen LogP contribution in [0.4, 0.5) is 0 Å². The molecule has 1 heterocycles. The molecule has 1 amide bonds. The van der Waals surface area contributed by atoms with Crippen molar-refractivity contribution in [3.05, 3.63) is 35.4 Å². The first-order valence-electron chi connectivity index (χ1n) is 7.80. The molecule has 0 spiro atoms. The van der Waals surface area contributed by atoms with Crippen LogP contribution >= 0.6 is 0 Å². The number of nitrogens with one attached hydrogen (secondary N) is 1. The Labute approximate surface area is 122 Å². The number of carbonyl (C=O) groups excluding carboxylic acids is 1. The molecule has 1 atom stereocenters. The van der Waals surface area contributed by atoms with Crippen LogP contribution in [0.1, 0.15) is 48.5 Å². The van der Waals surface area contributed by atoms with Gasteiger partial charge in [-0.1, -0.05) is 31.0 Å². The predicted octanol–water partition coefficient (Wildman–Crippen LogP) is 2.99. The van der Waals surface area contributed by atoms with Crippen molar-refractivity contribution in [1.82, 2.24) is 10.2 Å². The fraction of sp³-hybridized carbons (Fsp3) is 0.588. The van der Waals surface area contributed by atoms with E-state index in [1.54, 1.807) is 0 Å². The van der Waals surface area contributed by atoms with Gasteiger partial charge in [-0.25, -0.2) is 0 Å². The van der Waals surface area contributed by atoms with Crippen molar-refractivity contribution in [2.45, 2.75) is 45.6 Å². The Balaban J connectivity index is 2.02. The van der Waals surface area contributed by atoms with E-state index in [1.165, 1.54) is 24.8 Å². The van der Waals surface area contributed by atoms with Gasteiger partial charge in [-0.2, -0.15) is 0 Å². The van der Waals surface area contributed by atoms with E-state index in [4.69, 9.17) is 0 Å². The monoisotopic (exact) mass is 274 g/mol. The number of rotatable bonds is 5. The lowest BCUT2D eigenvalue weighted by atomic mass is 10.0. The number of carbonyl (C=O) groups is 1. The molecule has 1 N–H and O–H groups in total. The van der Waals surface area contributed by atoms with E-state index in [2.05, 4.69) is 12.2 Å². The number of piperidine rings is 1. The van der Waals surface area contributed by atoms with E-state index in [1.807, 2.05) is 36.1 Å². The molecule has 1 aliphatic rings. The summed E-state index contributed by atoms with van der Waals surface area (Å²) in [6.45, 7) is 6.93. The molecule has 1 fully saturated rings. The lowest BCUT2D eigenvalue weighted by molar-refractivity contribution is 0.0731. The van der Waals surface area contributed by atoms with Crippen molar-refractivity contribution in [3.8, 4) is 0 Å². The van der Waals surface area contributed by atoms with Crippen LogP contribution in [-0.4, -0.2) is 36.5 Å². The van der Waals surface area contributed by atoms with Crippen LogP contribution in [0.25, 0.3) is 0 Å². The standard InChI is InChI=1S/C17H26N2O/c1-3-12-19(13-16-6-4-5-11-18-16)17(20)15-9-7-14(2)8-10-15/h7-10,16,18H,3-6,11-13H2,1-2H3. The van der Waals surface area contributed by atoms with Gasteiger partial charge in [0.25, 0.3) is 5.91 Å². The van der Waals surface area contributed by atoms with Gasteiger partial charge in [-0.3, -0.25) is 4.79 Å². The van der Waals surface area contributed by atoms with Crippen molar-refractivity contribution in [3.63, 3.8) is 0 Å². The van der Waals surface area contributed by atoms with E-state index in [-0.39, 0.29) is 5.91 Å². The molecule has 3 heteroatoms. The van der Waals surface area contributed by atoms with E-state index >= 15 is 0 Å². The van der Waals surface area contributed by atoms with Crippen molar-refractivity contribution >= 4 is 5.91 Å². The molecule has 1 aromatic rings. The van der Waals surface area contributed by atoms with E-state index in [0.29, 0.717) is 6.04 Å². The second-order valence-corrected chi connectivity index (χ2v) is 5.76. The molecule has 0 saturated carbocycles. The Morgan fingerprint density at radius 2 is 2.05 bits per heavy atom. The number of benzene rings is 1. The number of amides is 1. The molecular formula is C17H26N2O. The maximum absolute atomic E-state index is 12.6. The zero-order valence-electron chi connectivity index (χ0n) is 12.7. The molecule has 0 aliphatic carbocycles. The summed E-state index contributed by atoms with van der Waals surface area (Å²) in [5.41, 5.74) is 2.00. The van der Waals surface area contributed by atoms with Crippen molar-refractivity contribution in [2.24, 2.45) is 0 Å². The third-order valence-corrected chi connectivity index (χ3v) is 3.93. The third kappa shape index (κ3) is 4.07. The second kappa shape index (κ2) is 7.44. The number of nitrogens with zero attached hydrogens (tertiary/aromatic N) is 1. The summed E-state index contributed by atoms with van der Waals surface area (Å²) in [4.78, 5) is 14.6. The quantitative estimate of drug-likeness (QED) is 0.895. The Morgan fingerprint density at radius 3 is 2.65 bits per heavy atom. The van der Waals surface area contributed by atoms with Gasteiger partial charge in [0.2, 0.25) is 0 Å². The van der Waals surface area contributed by atoms with Gasteiger partial charge in [0.15, 0.2) is 0 Å². The molecule has 0 aromatic heterocycles. The average molecular weight is 274 g/mol. The number of hydrogen-bond donors (Lipinski definition) is 1. The van der Waals surface area contributed by atoms with Crippen molar-refractivity contribution in [2.75, 3.05) is 19.6 Å². The molecular weight excluding hydrogens is 248 g/mol. The van der Waals surface area contributed by atoms with Crippen LogP contribution in [0, 0.1) is 6.92 Å². The van der Waals surface area contributed by atoms with Gasteiger partial charge in [-0.15, -0.1) is 0 Å². The van der Waals surface area contributed by atoms with Crippen LogP contribution in [0.2, 0.25) is 0 Å². The Kier molecular flexibility index (Phi) is 5.60. The van der Waals surface area contributed by atoms with Gasteiger partial charge in [0.1, 0.15) is 0 Å². The van der Waals surface area contributed by atoms with Crippen LogP contribution in [0.15, 0.2) is 24.3 Å². The maximum atomic E-state index is 12.6. The fourth-order valence-corrected chi connectivity index (χ4v) is 2.77. The molecule has 20 heavy (non-hydrogen) atoms. The maximum Gasteiger partial charge on any atom is 0.253 e. The highest BCUT2D eigenvalue weighted by molar-refractivity contribution is 5.94. The minimum Gasteiger partial charge on any atom is -0.337 e. The molecule has 0 radical (unpaired) electrons. The number of hydrogen-bond acceptors (Lipinski definition) is 2. The van der Waals surface area contributed by atoms with Crippen LogP contribution in [0.5, 0.6) is 0 Å². The molecule has 2 rings (SSSR count). The first-order chi connectivity index (χ1) is 9.70. The molecule has 0 bridgehead atoms. The zero-order valence-corrected chi connectivity index (χ0v) is 12.7. The van der Waals surface area contributed by atoms with Crippen molar-refractivity contribution in [1.29, 1.82) is 0 Å². The van der Waals surface area contributed by atoms with Gasteiger partial charge >= 0.3 is 0 Å². The average Bonchev–Trinajstić information content (AvgIpc) is 2.48. The summed E-state index contributed by atoms with van der Waals surface area (Å²) in [6.07, 6.45) is 4.72. The molecule has 1 unspecified atom stereocenters. The first-order valence-corrected chi connectivity index (χ1v) is 7.80. The van der Waals surface area contributed by atoms with E-state index < -0.39 is 0 Å². The summed E-state index contributed by atoms with van der Waals surface area (Å²) in [6, 6.07) is 8.36. The normalized spacial score (nSPS) is 18.8. The smallest absolute Gasteiger partial charge is 0.253 e. The minimum absolute atomic E-state index is 0.166. The van der Waals surface area contributed by atoms with Gasteiger partial charge in [-0.05, 0) is 44.9 Å². The third-order valence-electron chi connectivity index (χ3n) is 3.93. The Hall–Kier alpha value is -1.35. The van der Waals surface area contributed by atoms with E-state index in [0.717, 1.165) is 31.6 Å². The summed E-state index contributed by atoms with van der Waals surface area (Å²) in [7, 11) is 0. The Bertz CT molecular complexity index is 421. The lowest BCUT2D eigenvalue weighted by Crippen LogP contribution is -2.46. The summed E-state index contributed by atoms with van der Waals surface area (Å²) < 4.78 is 0. The molecule has 1 saturated heterocycles. The van der Waals surface area contributed by atoms with Gasteiger partial charge < -0.3 is 10.2 Å². The first kappa shape index (κ1) is 15.0. The number of aryl methyl sites for hydroxylation is 1. The fourth-order valence-electron chi connectivity index (χ4n) is 2.77. The van der Waals surface area contributed by atoms with Crippen LogP contribution < -0.4 is 5.32 Å². The molecule has 110 valence electrons. The highest BCUT2D eigenvalue weighted by Crippen LogP contribution is 2.12. The summed E-state index contributed by atoms with van der Waals surface area (Å²) in [5, 5.41) is 3.53. The highest BCUT2D eigenvalue weighted by atomic mass is 16.2. The van der Waals surface area contributed by atoms with E-state index in [9.17, 15) is 4.79 Å². The minimum atomic E-state index is 0.166. The Morgan fingerprint density at radius 1 is 1.30 bits per heavy atom. The summed E-state index contributed by atoms with van der Waals surface area (Å²) >= 11 is 0. The molecule has 3 nitrogen and oxygen atoms in total. The highest BCUT2D eigenvalue weighted by Gasteiger charge is 2.20. The predicted molar refractivity (Wildman–Crippen MR) is 83.0 cm³/mol. The second-order valence-electron chi connectivity index (χ2n) is 5.76. The van der Waals surface area contributed by atoms with Gasteiger partial charge in [0, 0.05) is 24.7 Å². The van der Waals surface area contributed by atoms with Gasteiger partial charge in [0.05, 0.1) is 0 Å². The topological polar surface area (TPSA) is 32.3 Å². The SMILES string of the molecule is CCCN(CC1CCCCN1)C(=O)c1ccc(C)cc1. The van der Waals surface area contributed by atoms with Crippen LogP contribution in [-0.2, 0) is 0 Å². The lowest BCUT2D eigenvalue weighted by Gasteiger charge is -2.30. The zero-order chi connectivity index (χ0) is 14.4. The molecule has 1 aromatic carbocycles. The van der Waals surface area contributed by atoms with Crippen molar-refractivity contribution < 1.29 is 4.79 Å². The summed E-state index contributed by atoms with van der Waals surface area (Å²) in [5.74, 6) is 0.166. The van der Waals surface area contributed by atoms with Crippen LogP contribution in [0.3, 0.4) is 0 Å². The largest absolute Gasteiger partial charge is 0.337 e.